The third-order valence-corrected chi connectivity index (χ3v) is 10.0. The normalized spacial score (nSPS) is 25.2. The van der Waals surface area contributed by atoms with Gasteiger partial charge in [0, 0.05) is 37.9 Å². The smallest absolute Gasteiger partial charge is 0.183 e. The molecular formula is C21H26N2O4S2. The van der Waals surface area contributed by atoms with Crippen LogP contribution in [0.1, 0.15) is 5.56 Å². The van der Waals surface area contributed by atoms with Gasteiger partial charge in [-0.3, -0.25) is 4.90 Å². The van der Waals surface area contributed by atoms with Crippen molar-refractivity contribution in [3.63, 3.8) is 0 Å². The standard InChI is InChI=1S/C21H26N2O4S2/c1-17-6-5-7-18(14-17)22-10-12-23(13-11-22)20-15-28(24,25)16-21(20)29(26,27)19-8-3-2-4-9-19/h2-9,14,20-21H,10-13,15-16H2,1H3. The molecule has 29 heavy (non-hydrogen) atoms. The van der Waals surface area contributed by atoms with Crippen molar-refractivity contribution in [3.8, 4) is 0 Å². The molecule has 0 bridgehead atoms. The molecule has 0 radical (unpaired) electrons. The minimum atomic E-state index is -3.71. The van der Waals surface area contributed by atoms with Gasteiger partial charge >= 0.3 is 0 Å². The number of nitrogens with zero attached hydrogens (tertiary/aromatic N) is 2. The van der Waals surface area contributed by atoms with Crippen molar-refractivity contribution in [3.05, 3.63) is 60.2 Å². The fourth-order valence-corrected chi connectivity index (χ4v) is 9.21. The molecule has 2 aromatic carbocycles. The van der Waals surface area contributed by atoms with Crippen LogP contribution >= 0.6 is 0 Å². The van der Waals surface area contributed by atoms with E-state index in [0.717, 1.165) is 18.8 Å². The highest BCUT2D eigenvalue weighted by atomic mass is 32.2. The highest BCUT2D eigenvalue weighted by Crippen LogP contribution is 2.30. The molecule has 156 valence electrons. The van der Waals surface area contributed by atoms with E-state index in [9.17, 15) is 16.8 Å². The zero-order chi connectivity index (χ0) is 20.6. The lowest BCUT2D eigenvalue weighted by atomic mass is 10.1. The van der Waals surface area contributed by atoms with Crippen LogP contribution in [0.4, 0.5) is 5.69 Å². The predicted octanol–water partition coefficient (Wildman–Crippen LogP) is 1.76. The maximum atomic E-state index is 13.2. The average Bonchev–Trinajstić information content (AvgIpc) is 3.05. The maximum Gasteiger partial charge on any atom is 0.183 e. The van der Waals surface area contributed by atoms with Crippen molar-refractivity contribution in [2.75, 3.05) is 42.6 Å². The third kappa shape index (κ3) is 4.20. The number of rotatable bonds is 4. The zero-order valence-corrected chi connectivity index (χ0v) is 18.1. The summed E-state index contributed by atoms with van der Waals surface area (Å²) in [7, 11) is -7.10. The molecular weight excluding hydrogens is 408 g/mol. The van der Waals surface area contributed by atoms with Gasteiger partial charge in [-0.2, -0.15) is 0 Å². The number of benzene rings is 2. The van der Waals surface area contributed by atoms with Gasteiger partial charge in [0.1, 0.15) is 0 Å². The van der Waals surface area contributed by atoms with Gasteiger partial charge in [0.25, 0.3) is 0 Å². The Labute approximate surface area is 173 Å². The summed E-state index contributed by atoms with van der Waals surface area (Å²) in [6.45, 7) is 4.85. The molecule has 6 nitrogen and oxygen atoms in total. The fourth-order valence-electron chi connectivity index (χ4n) is 4.36. The van der Waals surface area contributed by atoms with Crippen LogP contribution in [0.2, 0.25) is 0 Å². The molecule has 0 saturated carbocycles. The van der Waals surface area contributed by atoms with Crippen molar-refractivity contribution in [1.29, 1.82) is 0 Å². The summed E-state index contributed by atoms with van der Waals surface area (Å²) in [6.07, 6.45) is 0. The predicted molar refractivity (Wildman–Crippen MR) is 115 cm³/mol. The molecule has 0 amide bonds. The van der Waals surface area contributed by atoms with Crippen molar-refractivity contribution < 1.29 is 16.8 Å². The largest absolute Gasteiger partial charge is 0.369 e. The van der Waals surface area contributed by atoms with E-state index in [-0.39, 0.29) is 16.4 Å². The molecule has 0 N–H and O–H groups in total. The van der Waals surface area contributed by atoms with Crippen molar-refractivity contribution >= 4 is 25.4 Å². The highest BCUT2D eigenvalue weighted by Gasteiger charge is 2.48. The van der Waals surface area contributed by atoms with E-state index in [1.807, 2.05) is 6.07 Å². The molecule has 2 saturated heterocycles. The van der Waals surface area contributed by atoms with Crippen LogP contribution < -0.4 is 4.90 Å². The Bertz CT molecular complexity index is 1080. The number of hydrogen-bond acceptors (Lipinski definition) is 6. The minimum absolute atomic E-state index is 0.0891. The lowest BCUT2D eigenvalue weighted by Gasteiger charge is -2.40. The Kier molecular flexibility index (Phi) is 5.44. The minimum Gasteiger partial charge on any atom is -0.369 e. The van der Waals surface area contributed by atoms with Crippen LogP contribution in [0.25, 0.3) is 0 Å². The Morgan fingerprint density at radius 2 is 1.59 bits per heavy atom. The summed E-state index contributed by atoms with van der Waals surface area (Å²) in [5.41, 5.74) is 2.35. The van der Waals surface area contributed by atoms with E-state index in [1.54, 1.807) is 30.3 Å². The van der Waals surface area contributed by atoms with Crippen molar-refractivity contribution in [2.45, 2.75) is 23.1 Å². The molecule has 2 aliphatic rings. The van der Waals surface area contributed by atoms with Gasteiger partial charge in [0.2, 0.25) is 0 Å². The van der Waals surface area contributed by atoms with Gasteiger partial charge in [-0.05, 0) is 36.8 Å². The summed E-state index contributed by atoms with van der Waals surface area (Å²) in [5, 5.41) is -0.916. The summed E-state index contributed by atoms with van der Waals surface area (Å²) in [5.74, 6) is -0.388. The number of anilines is 1. The van der Waals surface area contributed by atoms with Crippen LogP contribution in [0.5, 0.6) is 0 Å². The fraction of sp³-hybridized carbons (Fsp3) is 0.429. The Morgan fingerprint density at radius 3 is 2.24 bits per heavy atom. The molecule has 8 heteroatoms. The van der Waals surface area contributed by atoms with E-state index >= 15 is 0 Å². The van der Waals surface area contributed by atoms with E-state index < -0.39 is 31.0 Å². The second-order valence-corrected chi connectivity index (χ2v) is 12.2. The van der Waals surface area contributed by atoms with Crippen molar-refractivity contribution in [1.82, 2.24) is 4.90 Å². The van der Waals surface area contributed by atoms with Gasteiger partial charge in [0.05, 0.1) is 21.7 Å². The Morgan fingerprint density at radius 1 is 0.897 bits per heavy atom. The monoisotopic (exact) mass is 434 g/mol. The molecule has 4 rings (SSSR count). The second kappa shape index (κ2) is 7.74. The first-order valence-electron chi connectivity index (χ1n) is 9.81. The Balaban J connectivity index is 1.54. The number of aryl methyl sites for hydroxylation is 1. The van der Waals surface area contributed by atoms with Crippen LogP contribution in [-0.4, -0.2) is 70.7 Å². The molecule has 2 atom stereocenters. The lowest BCUT2D eigenvalue weighted by molar-refractivity contribution is 0.201. The number of piperazine rings is 1. The highest BCUT2D eigenvalue weighted by molar-refractivity contribution is 7.96. The van der Waals surface area contributed by atoms with E-state index in [1.165, 1.54) is 5.56 Å². The summed E-state index contributed by atoms with van der Waals surface area (Å²) >= 11 is 0. The number of hydrogen-bond donors (Lipinski definition) is 0. The maximum absolute atomic E-state index is 13.2. The van der Waals surface area contributed by atoms with Gasteiger partial charge in [0.15, 0.2) is 19.7 Å². The van der Waals surface area contributed by atoms with Crippen LogP contribution in [0, 0.1) is 6.92 Å². The van der Waals surface area contributed by atoms with Gasteiger partial charge in [-0.15, -0.1) is 0 Å². The molecule has 0 aliphatic carbocycles. The topological polar surface area (TPSA) is 74.8 Å². The van der Waals surface area contributed by atoms with Crippen molar-refractivity contribution in [2.24, 2.45) is 0 Å². The van der Waals surface area contributed by atoms with Crippen LogP contribution in [0.15, 0.2) is 59.5 Å². The summed E-state index contributed by atoms with van der Waals surface area (Å²) in [4.78, 5) is 4.53. The van der Waals surface area contributed by atoms with Crippen LogP contribution in [0.3, 0.4) is 0 Å². The molecule has 2 aliphatic heterocycles. The first kappa shape index (κ1) is 20.4. The lowest BCUT2D eigenvalue weighted by Crippen LogP contribution is -2.55. The summed E-state index contributed by atoms with van der Waals surface area (Å²) in [6, 6.07) is 16.0. The average molecular weight is 435 g/mol. The molecule has 2 heterocycles. The second-order valence-electron chi connectivity index (χ2n) is 7.90. The van der Waals surface area contributed by atoms with Gasteiger partial charge < -0.3 is 4.90 Å². The summed E-state index contributed by atoms with van der Waals surface area (Å²) < 4.78 is 51.2. The van der Waals surface area contributed by atoms with Gasteiger partial charge in [-0.1, -0.05) is 30.3 Å². The first-order valence-corrected chi connectivity index (χ1v) is 13.2. The quantitative estimate of drug-likeness (QED) is 0.730. The Hall–Kier alpha value is -1.90. The first-order chi connectivity index (χ1) is 13.8. The molecule has 0 aromatic heterocycles. The zero-order valence-electron chi connectivity index (χ0n) is 16.4. The molecule has 2 fully saturated rings. The van der Waals surface area contributed by atoms with E-state index in [2.05, 4.69) is 34.9 Å². The molecule has 2 unspecified atom stereocenters. The van der Waals surface area contributed by atoms with Gasteiger partial charge in [-0.25, -0.2) is 16.8 Å². The van der Waals surface area contributed by atoms with Crippen LogP contribution in [-0.2, 0) is 19.7 Å². The number of sulfone groups is 2. The SMILES string of the molecule is Cc1cccc(N2CCN(C3CS(=O)(=O)CC3S(=O)(=O)c3ccccc3)CC2)c1. The molecule has 2 aromatic rings. The molecule has 0 spiro atoms. The van der Waals surface area contributed by atoms with E-state index in [4.69, 9.17) is 0 Å². The van der Waals surface area contributed by atoms with E-state index in [0.29, 0.717) is 13.1 Å². The third-order valence-electron chi connectivity index (χ3n) is 5.89.